The van der Waals surface area contributed by atoms with Crippen LogP contribution >= 0.6 is 0 Å². The van der Waals surface area contributed by atoms with E-state index in [-0.39, 0.29) is 6.61 Å². The minimum Gasteiger partial charge on any atom is -0.493 e. The van der Waals surface area contributed by atoms with Crippen molar-refractivity contribution >= 4 is 23.1 Å². The lowest BCUT2D eigenvalue weighted by Crippen LogP contribution is -2.24. The Morgan fingerprint density at radius 1 is 1.18 bits per heavy atom. The number of ether oxygens (including phenoxy) is 2. The molecule has 0 aliphatic heterocycles. The number of nitrogens with one attached hydrogen (secondary N) is 1. The van der Waals surface area contributed by atoms with Crippen molar-refractivity contribution in [3.63, 3.8) is 0 Å². The van der Waals surface area contributed by atoms with Crippen molar-refractivity contribution in [2.45, 2.75) is 13.8 Å². The molecular formula is C21H20N2O5. The number of rotatable bonds is 7. The third-order valence-corrected chi connectivity index (χ3v) is 3.90. The van der Waals surface area contributed by atoms with Crippen LogP contribution in [-0.2, 0) is 4.79 Å². The van der Waals surface area contributed by atoms with Crippen molar-refractivity contribution in [1.29, 1.82) is 0 Å². The molecule has 0 saturated carbocycles. The summed E-state index contributed by atoms with van der Waals surface area (Å²) < 4.78 is 16.1. The van der Waals surface area contributed by atoms with Gasteiger partial charge in [-0.1, -0.05) is 12.1 Å². The number of amides is 1. The zero-order valence-corrected chi connectivity index (χ0v) is 15.6. The topological polar surface area (TPSA) is 90.1 Å². The van der Waals surface area contributed by atoms with Gasteiger partial charge in [0.2, 0.25) is 0 Å². The van der Waals surface area contributed by atoms with Gasteiger partial charge in [0.15, 0.2) is 6.61 Å². The molecule has 0 aliphatic rings. The normalized spacial score (nSPS) is 10.9. The molecule has 0 aliphatic carbocycles. The van der Waals surface area contributed by atoms with Crippen LogP contribution in [0.15, 0.2) is 62.8 Å². The summed E-state index contributed by atoms with van der Waals surface area (Å²) in [6, 6.07) is 13.9. The summed E-state index contributed by atoms with van der Waals surface area (Å²) in [7, 11) is 0. The zero-order chi connectivity index (χ0) is 19.9. The number of carbonyl (C=O) groups is 1. The Balaban J connectivity index is 1.59. The monoisotopic (exact) mass is 380 g/mol. The van der Waals surface area contributed by atoms with E-state index in [0.717, 1.165) is 16.5 Å². The molecule has 3 rings (SSSR count). The molecule has 7 heteroatoms. The SMILES string of the molecule is CCOc1ccccc1/C=N\NC(=O)COc1ccc2c(C)cc(=O)oc2c1. The Labute approximate surface area is 161 Å². The summed E-state index contributed by atoms with van der Waals surface area (Å²) in [4.78, 5) is 23.4. The number of nitrogens with zero attached hydrogens (tertiary/aromatic N) is 1. The maximum Gasteiger partial charge on any atom is 0.336 e. The van der Waals surface area contributed by atoms with E-state index in [1.165, 1.54) is 12.3 Å². The van der Waals surface area contributed by atoms with Gasteiger partial charge >= 0.3 is 5.63 Å². The Kier molecular flexibility index (Phi) is 6.06. The lowest BCUT2D eigenvalue weighted by Gasteiger charge is -2.07. The number of aryl methyl sites for hydroxylation is 1. The maximum absolute atomic E-state index is 11.9. The Morgan fingerprint density at radius 2 is 2.00 bits per heavy atom. The predicted molar refractivity (Wildman–Crippen MR) is 106 cm³/mol. The summed E-state index contributed by atoms with van der Waals surface area (Å²) in [5, 5.41) is 4.74. The molecule has 0 fully saturated rings. The fraction of sp³-hybridized carbons (Fsp3) is 0.190. The van der Waals surface area contributed by atoms with Gasteiger partial charge in [0, 0.05) is 23.1 Å². The molecular weight excluding hydrogens is 360 g/mol. The van der Waals surface area contributed by atoms with Crippen LogP contribution in [0.25, 0.3) is 11.0 Å². The second-order valence-corrected chi connectivity index (χ2v) is 5.96. The van der Waals surface area contributed by atoms with Crippen molar-refractivity contribution < 1.29 is 18.7 Å². The summed E-state index contributed by atoms with van der Waals surface area (Å²) in [5.74, 6) is 0.685. The fourth-order valence-corrected chi connectivity index (χ4v) is 2.62. The number of benzene rings is 2. The van der Waals surface area contributed by atoms with Gasteiger partial charge in [-0.25, -0.2) is 10.2 Å². The van der Waals surface area contributed by atoms with E-state index in [1.54, 1.807) is 18.2 Å². The van der Waals surface area contributed by atoms with Crippen molar-refractivity contribution in [2.75, 3.05) is 13.2 Å². The predicted octanol–water partition coefficient (Wildman–Crippen LogP) is 3.03. The van der Waals surface area contributed by atoms with Gasteiger partial charge < -0.3 is 13.9 Å². The van der Waals surface area contributed by atoms with Gasteiger partial charge in [0.25, 0.3) is 5.91 Å². The first-order valence-corrected chi connectivity index (χ1v) is 8.78. The lowest BCUT2D eigenvalue weighted by molar-refractivity contribution is -0.123. The molecule has 0 radical (unpaired) electrons. The highest BCUT2D eigenvalue weighted by atomic mass is 16.5. The second-order valence-electron chi connectivity index (χ2n) is 5.96. The van der Waals surface area contributed by atoms with Crippen LogP contribution in [0.1, 0.15) is 18.1 Å². The Morgan fingerprint density at radius 3 is 2.82 bits per heavy atom. The first-order chi connectivity index (χ1) is 13.6. The van der Waals surface area contributed by atoms with Crippen LogP contribution in [0.4, 0.5) is 0 Å². The average Bonchev–Trinajstić information content (AvgIpc) is 2.67. The van der Waals surface area contributed by atoms with Gasteiger partial charge in [-0.05, 0) is 43.7 Å². The fourth-order valence-electron chi connectivity index (χ4n) is 2.62. The van der Waals surface area contributed by atoms with E-state index in [9.17, 15) is 9.59 Å². The van der Waals surface area contributed by atoms with E-state index in [0.29, 0.717) is 23.7 Å². The number of hydrazone groups is 1. The number of carbonyl (C=O) groups excluding carboxylic acids is 1. The number of fused-ring (bicyclic) bond motifs is 1. The first kappa shape index (κ1) is 19.2. The molecule has 1 heterocycles. The molecule has 2 aromatic carbocycles. The van der Waals surface area contributed by atoms with E-state index in [4.69, 9.17) is 13.9 Å². The van der Waals surface area contributed by atoms with E-state index in [2.05, 4.69) is 10.5 Å². The molecule has 0 atom stereocenters. The van der Waals surface area contributed by atoms with Crippen molar-refractivity contribution in [2.24, 2.45) is 5.10 Å². The molecule has 1 amide bonds. The summed E-state index contributed by atoms with van der Waals surface area (Å²) in [6.07, 6.45) is 1.51. The van der Waals surface area contributed by atoms with Crippen LogP contribution in [-0.4, -0.2) is 25.3 Å². The highest BCUT2D eigenvalue weighted by Crippen LogP contribution is 2.22. The first-order valence-electron chi connectivity index (χ1n) is 8.78. The van der Waals surface area contributed by atoms with Crippen LogP contribution in [0.2, 0.25) is 0 Å². The lowest BCUT2D eigenvalue weighted by atomic mass is 10.1. The molecule has 0 bridgehead atoms. The molecule has 28 heavy (non-hydrogen) atoms. The average molecular weight is 380 g/mol. The smallest absolute Gasteiger partial charge is 0.336 e. The summed E-state index contributed by atoms with van der Waals surface area (Å²) >= 11 is 0. The molecule has 1 N–H and O–H groups in total. The van der Waals surface area contributed by atoms with Gasteiger partial charge in [0.1, 0.15) is 17.1 Å². The van der Waals surface area contributed by atoms with E-state index < -0.39 is 11.5 Å². The van der Waals surface area contributed by atoms with Crippen LogP contribution in [0.3, 0.4) is 0 Å². The number of para-hydroxylation sites is 1. The molecule has 144 valence electrons. The third-order valence-electron chi connectivity index (χ3n) is 3.90. The quantitative estimate of drug-likeness (QED) is 0.387. The zero-order valence-electron chi connectivity index (χ0n) is 15.6. The van der Waals surface area contributed by atoms with Gasteiger partial charge in [-0.2, -0.15) is 5.10 Å². The Bertz CT molecular complexity index is 1070. The minimum absolute atomic E-state index is 0.230. The van der Waals surface area contributed by atoms with Crippen molar-refractivity contribution in [3.8, 4) is 11.5 Å². The van der Waals surface area contributed by atoms with Gasteiger partial charge in [-0.15, -0.1) is 0 Å². The summed E-state index contributed by atoms with van der Waals surface area (Å²) in [6.45, 7) is 4.03. The number of hydrogen-bond donors (Lipinski definition) is 1. The van der Waals surface area contributed by atoms with Crippen molar-refractivity contribution in [3.05, 3.63) is 70.1 Å². The molecule has 3 aromatic rings. The van der Waals surface area contributed by atoms with E-state index in [1.807, 2.05) is 38.1 Å². The molecule has 7 nitrogen and oxygen atoms in total. The highest BCUT2D eigenvalue weighted by molar-refractivity contribution is 5.85. The summed E-state index contributed by atoms with van der Waals surface area (Å²) in [5.41, 5.74) is 3.96. The molecule has 0 saturated heterocycles. The standard InChI is InChI=1S/C21H20N2O5/c1-3-26-18-7-5-4-6-15(18)12-22-23-20(24)13-27-16-8-9-17-14(2)10-21(25)28-19(17)11-16/h4-12H,3,13H2,1-2H3,(H,23,24)/b22-12-. The highest BCUT2D eigenvalue weighted by Gasteiger charge is 2.06. The molecule has 1 aromatic heterocycles. The van der Waals surface area contributed by atoms with Crippen LogP contribution < -0.4 is 20.5 Å². The molecule has 0 unspecified atom stereocenters. The number of hydrogen-bond acceptors (Lipinski definition) is 6. The van der Waals surface area contributed by atoms with Crippen LogP contribution in [0, 0.1) is 6.92 Å². The van der Waals surface area contributed by atoms with Gasteiger partial charge in [0.05, 0.1) is 12.8 Å². The van der Waals surface area contributed by atoms with Crippen molar-refractivity contribution in [1.82, 2.24) is 5.43 Å². The Hall–Kier alpha value is -3.61. The second kappa shape index (κ2) is 8.85. The van der Waals surface area contributed by atoms with Gasteiger partial charge in [-0.3, -0.25) is 4.79 Å². The largest absolute Gasteiger partial charge is 0.493 e. The maximum atomic E-state index is 11.9. The third kappa shape index (κ3) is 4.76. The van der Waals surface area contributed by atoms with Crippen LogP contribution in [0.5, 0.6) is 11.5 Å². The molecule has 0 spiro atoms. The van der Waals surface area contributed by atoms with E-state index >= 15 is 0 Å². The minimum atomic E-state index is -0.429.